The first-order chi connectivity index (χ1) is 13.4. The average Bonchev–Trinajstić information content (AvgIpc) is 2.69. The summed E-state index contributed by atoms with van der Waals surface area (Å²) in [4.78, 5) is 25.3. The number of hydrogen-bond acceptors (Lipinski definition) is 2. The molecular weight excluding hydrogens is 372 g/mol. The first-order valence-corrected chi connectivity index (χ1v) is 9.28. The van der Waals surface area contributed by atoms with Crippen LogP contribution >= 0.6 is 11.6 Å². The first-order valence-electron chi connectivity index (χ1n) is 8.91. The minimum atomic E-state index is -0.310. The monoisotopic (exact) mass is 392 g/mol. The lowest BCUT2D eigenvalue weighted by molar-refractivity contribution is 0.0964. The molecule has 0 unspecified atom stereocenters. The molecule has 0 aliphatic carbocycles. The molecule has 0 spiro atoms. The third-order valence-electron chi connectivity index (χ3n) is 4.67. The van der Waals surface area contributed by atoms with Crippen molar-refractivity contribution in [2.75, 3.05) is 12.4 Å². The van der Waals surface area contributed by atoms with E-state index in [1.165, 1.54) is 7.05 Å². The molecule has 2 N–H and O–H groups in total. The SMILES string of the molecule is CNC(=O)c1cc(Cl)cc(C)c1NC(=O)c1cccc(-c2ccccc2)c1C. The molecule has 0 heterocycles. The summed E-state index contributed by atoms with van der Waals surface area (Å²) in [5, 5.41) is 5.92. The topological polar surface area (TPSA) is 58.2 Å². The highest BCUT2D eigenvalue weighted by molar-refractivity contribution is 6.31. The molecule has 0 radical (unpaired) electrons. The van der Waals surface area contributed by atoms with Gasteiger partial charge in [-0.05, 0) is 54.3 Å². The molecule has 2 amide bonds. The van der Waals surface area contributed by atoms with Gasteiger partial charge in [0.25, 0.3) is 11.8 Å². The van der Waals surface area contributed by atoms with E-state index in [1.807, 2.05) is 49.4 Å². The molecule has 3 aromatic rings. The van der Waals surface area contributed by atoms with Gasteiger partial charge < -0.3 is 10.6 Å². The number of benzene rings is 3. The second-order valence-electron chi connectivity index (χ2n) is 6.52. The van der Waals surface area contributed by atoms with Crippen molar-refractivity contribution in [3.05, 3.63) is 87.9 Å². The summed E-state index contributed by atoms with van der Waals surface area (Å²) in [6, 6.07) is 18.8. The average molecular weight is 393 g/mol. The largest absolute Gasteiger partial charge is 0.355 e. The fourth-order valence-corrected chi connectivity index (χ4v) is 3.49. The summed E-state index contributed by atoms with van der Waals surface area (Å²) in [6.07, 6.45) is 0. The van der Waals surface area contributed by atoms with E-state index >= 15 is 0 Å². The van der Waals surface area contributed by atoms with Gasteiger partial charge in [-0.15, -0.1) is 0 Å². The fourth-order valence-electron chi connectivity index (χ4n) is 3.22. The van der Waals surface area contributed by atoms with Gasteiger partial charge >= 0.3 is 0 Å². The zero-order chi connectivity index (χ0) is 20.3. The Kier molecular flexibility index (Phi) is 5.81. The van der Waals surface area contributed by atoms with E-state index < -0.39 is 0 Å². The number of rotatable bonds is 4. The minimum Gasteiger partial charge on any atom is -0.355 e. The van der Waals surface area contributed by atoms with Crippen molar-refractivity contribution in [1.29, 1.82) is 0 Å². The third-order valence-corrected chi connectivity index (χ3v) is 4.89. The van der Waals surface area contributed by atoms with Crippen LogP contribution in [0.5, 0.6) is 0 Å². The van der Waals surface area contributed by atoms with Crippen LogP contribution in [0.4, 0.5) is 5.69 Å². The van der Waals surface area contributed by atoms with Gasteiger partial charge in [0.05, 0.1) is 11.3 Å². The Bertz CT molecular complexity index is 1050. The normalized spacial score (nSPS) is 10.4. The Morgan fingerprint density at radius 1 is 0.857 bits per heavy atom. The Hall–Kier alpha value is -3.11. The van der Waals surface area contributed by atoms with Crippen LogP contribution < -0.4 is 10.6 Å². The van der Waals surface area contributed by atoms with E-state index in [0.717, 1.165) is 22.3 Å². The van der Waals surface area contributed by atoms with Gasteiger partial charge in [0, 0.05) is 17.6 Å². The second-order valence-corrected chi connectivity index (χ2v) is 6.96. The third kappa shape index (κ3) is 3.92. The maximum absolute atomic E-state index is 13.0. The number of hydrogen-bond donors (Lipinski definition) is 2. The number of halogens is 1. The second kappa shape index (κ2) is 8.28. The summed E-state index contributed by atoms with van der Waals surface area (Å²) >= 11 is 6.10. The molecule has 142 valence electrons. The van der Waals surface area contributed by atoms with Gasteiger partial charge in [-0.1, -0.05) is 54.1 Å². The Balaban J connectivity index is 2.01. The predicted molar refractivity (Wildman–Crippen MR) is 114 cm³/mol. The van der Waals surface area contributed by atoms with Crippen LogP contribution in [0.2, 0.25) is 5.02 Å². The van der Waals surface area contributed by atoms with Gasteiger partial charge in [-0.25, -0.2) is 0 Å². The smallest absolute Gasteiger partial charge is 0.255 e. The number of anilines is 1. The van der Waals surface area contributed by atoms with Crippen molar-refractivity contribution in [2.24, 2.45) is 0 Å². The number of carbonyl (C=O) groups is 2. The number of carbonyl (C=O) groups excluding carboxylic acids is 2. The molecule has 0 aliphatic rings. The summed E-state index contributed by atoms with van der Waals surface area (Å²) in [5.74, 6) is -0.582. The zero-order valence-corrected chi connectivity index (χ0v) is 16.7. The van der Waals surface area contributed by atoms with Crippen LogP contribution in [0.15, 0.2) is 60.7 Å². The van der Waals surface area contributed by atoms with E-state index in [9.17, 15) is 9.59 Å². The molecule has 0 aliphatic heterocycles. The van der Waals surface area contributed by atoms with Crippen LogP contribution in [-0.2, 0) is 0 Å². The lowest BCUT2D eigenvalue weighted by Gasteiger charge is -2.16. The molecule has 0 atom stereocenters. The van der Waals surface area contributed by atoms with Gasteiger partial charge in [-0.2, -0.15) is 0 Å². The van der Waals surface area contributed by atoms with Crippen molar-refractivity contribution in [1.82, 2.24) is 5.32 Å². The van der Waals surface area contributed by atoms with E-state index in [0.29, 0.717) is 21.8 Å². The number of aryl methyl sites for hydroxylation is 1. The lowest BCUT2D eigenvalue weighted by atomic mass is 9.96. The molecule has 0 saturated carbocycles. The molecule has 0 bridgehead atoms. The van der Waals surface area contributed by atoms with Crippen LogP contribution in [0, 0.1) is 13.8 Å². The van der Waals surface area contributed by atoms with E-state index in [-0.39, 0.29) is 11.8 Å². The summed E-state index contributed by atoms with van der Waals surface area (Å²) in [7, 11) is 1.54. The highest BCUT2D eigenvalue weighted by Crippen LogP contribution is 2.29. The van der Waals surface area contributed by atoms with Crippen molar-refractivity contribution < 1.29 is 9.59 Å². The molecule has 3 rings (SSSR count). The Morgan fingerprint density at radius 2 is 1.57 bits per heavy atom. The summed E-state index contributed by atoms with van der Waals surface area (Å²) in [6.45, 7) is 3.73. The molecule has 0 fully saturated rings. The standard InChI is InChI=1S/C23H21ClN2O2/c1-14-12-17(24)13-20(22(27)25-3)21(14)26-23(28)19-11-7-10-18(15(19)2)16-8-5-4-6-9-16/h4-13H,1-3H3,(H,25,27)(H,26,28). The van der Waals surface area contributed by atoms with Crippen molar-refractivity contribution >= 4 is 29.1 Å². The molecule has 28 heavy (non-hydrogen) atoms. The van der Waals surface area contributed by atoms with E-state index in [1.54, 1.807) is 25.1 Å². The predicted octanol–water partition coefficient (Wildman–Crippen LogP) is 5.24. The van der Waals surface area contributed by atoms with Gasteiger partial charge in [0.2, 0.25) is 0 Å². The quantitative estimate of drug-likeness (QED) is 0.638. The molecule has 0 aromatic heterocycles. The van der Waals surface area contributed by atoms with Gasteiger partial charge in [-0.3, -0.25) is 9.59 Å². The molecular formula is C23H21ClN2O2. The van der Waals surface area contributed by atoms with E-state index in [4.69, 9.17) is 11.6 Å². The van der Waals surface area contributed by atoms with Gasteiger partial charge in [0.1, 0.15) is 0 Å². The number of nitrogens with one attached hydrogen (secondary N) is 2. The maximum atomic E-state index is 13.0. The zero-order valence-electron chi connectivity index (χ0n) is 16.0. The van der Waals surface area contributed by atoms with E-state index in [2.05, 4.69) is 10.6 Å². The highest BCUT2D eigenvalue weighted by atomic mass is 35.5. The molecule has 3 aromatic carbocycles. The van der Waals surface area contributed by atoms with Crippen LogP contribution in [0.25, 0.3) is 11.1 Å². The fraction of sp³-hybridized carbons (Fsp3) is 0.130. The number of amides is 2. The summed E-state index contributed by atoms with van der Waals surface area (Å²) in [5.41, 5.74) is 4.97. The highest BCUT2D eigenvalue weighted by Gasteiger charge is 2.19. The van der Waals surface area contributed by atoms with Gasteiger partial charge in [0.15, 0.2) is 0 Å². The molecule has 0 saturated heterocycles. The van der Waals surface area contributed by atoms with Crippen LogP contribution in [0.1, 0.15) is 31.8 Å². The van der Waals surface area contributed by atoms with Crippen LogP contribution in [-0.4, -0.2) is 18.9 Å². The Labute approximate surface area is 169 Å². The maximum Gasteiger partial charge on any atom is 0.255 e. The Morgan fingerprint density at radius 3 is 2.25 bits per heavy atom. The minimum absolute atomic E-state index is 0.272. The first kappa shape index (κ1) is 19.6. The molecule has 4 nitrogen and oxygen atoms in total. The van der Waals surface area contributed by atoms with Crippen LogP contribution in [0.3, 0.4) is 0 Å². The molecule has 5 heteroatoms. The van der Waals surface area contributed by atoms with Crippen molar-refractivity contribution in [3.8, 4) is 11.1 Å². The summed E-state index contributed by atoms with van der Waals surface area (Å²) < 4.78 is 0. The lowest BCUT2D eigenvalue weighted by Crippen LogP contribution is -2.22. The van der Waals surface area contributed by atoms with Crippen molar-refractivity contribution in [3.63, 3.8) is 0 Å². The van der Waals surface area contributed by atoms with Crippen molar-refractivity contribution in [2.45, 2.75) is 13.8 Å².